The molecule has 0 saturated heterocycles. The molecule has 0 atom stereocenters. The lowest BCUT2D eigenvalue weighted by Gasteiger charge is -2.22. The van der Waals surface area contributed by atoms with Gasteiger partial charge < -0.3 is 4.42 Å². The SMILES string of the molecule is Cc1ccc2c(oc3cc(-c4nc(C(C)(C)C)nc(C(C)(C)C)n4)ccc32)c1-c1n(C)cc[n+]1C. The Balaban J connectivity index is 1.74. The minimum absolute atomic E-state index is 0.182. The zero-order chi connectivity index (χ0) is 25.3. The van der Waals surface area contributed by atoms with Crippen LogP contribution in [0.3, 0.4) is 0 Å². The lowest BCUT2D eigenvalue weighted by molar-refractivity contribution is -0.659. The fourth-order valence-electron chi connectivity index (χ4n) is 4.47. The van der Waals surface area contributed by atoms with Crippen molar-refractivity contribution in [3.63, 3.8) is 0 Å². The van der Waals surface area contributed by atoms with Crippen LogP contribution in [0.2, 0.25) is 0 Å². The first-order valence-corrected chi connectivity index (χ1v) is 12.1. The molecule has 0 unspecified atom stereocenters. The molecule has 35 heavy (non-hydrogen) atoms. The molecule has 0 aliphatic rings. The Morgan fingerprint density at radius 3 is 2.06 bits per heavy atom. The second-order valence-electron chi connectivity index (χ2n) is 11.6. The highest BCUT2D eigenvalue weighted by molar-refractivity contribution is 6.10. The van der Waals surface area contributed by atoms with Crippen LogP contribution in [0.15, 0.2) is 47.1 Å². The first kappa shape index (κ1) is 23.2. The van der Waals surface area contributed by atoms with Gasteiger partial charge in [-0.1, -0.05) is 59.7 Å². The van der Waals surface area contributed by atoms with Gasteiger partial charge in [0.2, 0.25) is 0 Å². The topological polar surface area (TPSA) is 60.6 Å². The summed E-state index contributed by atoms with van der Waals surface area (Å²) in [6.45, 7) is 14.9. The summed E-state index contributed by atoms with van der Waals surface area (Å²) in [5.74, 6) is 3.38. The van der Waals surface area contributed by atoms with Gasteiger partial charge in [0.1, 0.15) is 35.2 Å². The predicted octanol–water partition coefficient (Wildman–Crippen LogP) is 6.17. The van der Waals surface area contributed by atoms with Crippen LogP contribution < -0.4 is 4.57 Å². The van der Waals surface area contributed by atoms with Gasteiger partial charge in [0, 0.05) is 27.2 Å². The molecule has 5 rings (SSSR count). The zero-order valence-corrected chi connectivity index (χ0v) is 22.2. The maximum absolute atomic E-state index is 6.56. The summed E-state index contributed by atoms with van der Waals surface area (Å²) < 4.78 is 10.8. The summed E-state index contributed by atoms with van der Waals surface area (Å²) in [4.78, 5) is 14.6. The van der Waals surface area contributed by atoms with E-state index in [9.17, 15) is 0 Å². The Morgan fingerprint density at radius 2 is 1.49 bits per heavy atom. The Bertz CT molecular complexity index is 1540. The van der Waals surface area contributed by atoms with E-state index in [1.165, 1.54) is 5.56 Å². The number of fused-ring (bicyclic) bond motifs is 3. The molecule has 6 nitrogen and oxygen atoms in total. The van der Waals surface area contributed by atoms with Gasteiger partial charge in [-0.15, -0.1) is 0 Å². The smallest absolute Gasteiger partial charge is 0.292 e. The average Bonchev–Trinajstić information content (AvgIpc) is 3.31. The lowest BCUT2D eigenvalue weighted by Crippen LogP contribution is -2.29. The fraction of sp³-hybridized carbons (Fsp3) is 0.379. The van der Waals surface area contributed by atoms with Crippen molar-refractivity contribution >= 4 is 21.9 Å². The number of hydrogen-bond acceptors (Lipinski definition) is 4. The van der Waals surface area contributed by atoms with Gasteiger partial charge in [0.25, 0.3) is 5.82 Å². The first-order valence-electron chi connectivity index (χ1n) is 12.1. The second kappa shape index (κ2) is 7.74. The van der Waals surface area contributed by atoms with Gasteiger partial charge in [-0.3, -0.25) is 0 Å². The average molecular weight is 469 g/mol. The van der Waals surface area contributed by atoms with Crippen LogP contribution in [-0.2, 0) is 24.9 Å². The summed E-state index contributed by atoms with van der Waals surface area (Å²) in [5.41, 5.74) is 4.58. The van der Waals surface area contributed by atoms with Gasteiger partial charge >= 0.3 is 0 Å². The molecule has 0 aliphatic carbocycles. The third-order valence-corrected chi connectivity index (χ3v) is 6.49. The van der Waals surface area contributed by atoms with Crippen molar-refractivity contribution in [3.8, 4) is 22.8 Å². The van der Waals surface area contributed by atoms with Gasteiger partial charge in [0.15, 0.2) is 11.4 Å². The van der Waals surface area contributed by atoms with Crippen LogP contribution in [0.4, 0.5) is 0 Å². The quantitative estimate of drug-likeness (QED) is 0.291. The van der Waals surface area contributed by atoms with Gasteiger partial charge in [-0.05, 0) is 24.6 Å². The number of furan rings is 1. The third-order valence-electron chi connectivity index (χ3n) is 6.49. The molecule has 0 fully saturated rings. The van der Waals surface area contributed by atoms with Crippen LogP contribution in [0.25, 0.3) is 44.7 Å². The van der Waals surface area contributed by atoms with E-state index in [0.29, 0.717) is 5.82 Å². The monoisotopic (exact) mass is 468 g/mol. The van der Waals surface area contributed by atoms with Crippen molar-refractivity contribution in [1.82, 2.24) is 19.5 Å². The third kappa shape index (κ3) is 3.91. The molecule has 2 aromatic carbocycles. The Kier molecular flexibility index (Phi) is 5.13. The van der Waals surface area contributed by atoms with Gasteiger partial charge in [-0.25, -0.2) is 24.1 Å². The minimum Gasteiger partial charge on any atom is -0.455 e. The second-order valence-corrected chi connectivity index (χ2v) is 11.6. The molecule has 0 spiro atoms. The van der Waals surface area contributed by atoms with E-state index in [-0.39, 0.29) is 10.8 Å². The molecule has 180 valence electrons. The Labute approximate surface area is 206 Å². The molecule has 0 bridgehead atoms. The Morgan fingerprint density at radius 1 is 0.857 bits per heavy atom. The summed E-state index contributed by atoms with van der Waals surface area (Å²) >= 11 is 0. The van der Waals surface area contributed by atoms with E-state index in [1.54, 1.807) is 0 Å². The highest BCUT2D eigenvalue weighted by Crippen LogP contribution is 2.38. The normalized spacial score (nSPS) is 12.7. The van der Waals surface area contributed by atoms with E-state index >= 15 is 0 Å². The maximum atomic E-state index is 6.56. The van der Waals surface area contributed by atoms with Crippen molar-refractivity contribution < 1.29 is 8.98 Å². The van der Waals surface area contributed by atoms with Crippen molar-refractivity contribution in [2.75, 3.05) is 0 Å². The summed E-state index contributed by atoms with van der Waals surface area (Å²) in [6, 6.07) is 10.6. The van der Waals surface area contributed by atoms with Crippen molar-refractivity contribution in [1.29, 1.82) is 0 Å². The molecular weight excluding hydrogens is 434 g/mol. The van der Waals surface area contributed by atoms with Crippen LogP contribution in [-0.4, -0.2) is 19.5 Å². The molecule has 3 aromatic heterocycles. The Hall–Kier alpha value is -3.54. The minimum atomic E-state index is -0.182. The molecule has 3 heterocycles. The van der Waals surface area contributed by atoms with Crippen molar-refractivity contribution in [3.05, 3.63) is 59.9 Å². The predicted molar refractivity (Wildman–Crippen MR) is 140 cm³/mol. The van der Waals surface area contributed by atoms with E-state index in [1.807, 2.05) is 0 Å². The number of aromatic nitrogens is 5. The van der Waals surface area contributed by atoms with E-state index in [4.69, 9.17) is 19.4 Å². The zero-order valence-electron chi connectivity index (χ0n) is 22.2. The molecule has 0 saturated carbocycles. The largest absolute Gasteiger partial charge is 0.455 e. The maximum Gasteiger partial charge on any atom is 0.292 e. The van der Waals surface area contributed by atoms with E-state index in [2.05, 4.69) is 114 Å². The standard InChI is InChI=1S/C29H34N5O/c1-17-10-12-20-19-13-11-18(24-30-26(28(2,3)4)32-27(31-24)29(5,6)7)16-21(19)35-23(20)22(17)25-33(8)14-15-34(25)9/h10-16H,1-9H3/q+1. The van der Waals surface area contributed by atoms with Crippen LogP contribution in [0, 0.1) is 6.92 Å². The number of rotatable bonds is 2. The van der Waals surface area contributed by atoms with Crippen LogP contribution in [0.5, 0.6) is 0 Å². The van der Waals surface area contributed by atoms with Crippen LogP contribution >= 0.6 is 0 Å². The summed E-state index contributed by atoms with van der Waals surface area (Å²) in [6.07, 6.45) is 4.13. The summed E-state index contributed by atoms with van der Waals surface area (Å²) in [7, 11) is 4.13. The molecular formula is C29H34N5O+. The number of benzene rings is 2. The fourth-order valence-corrected chi connectivity index (χ4v) is 4.47. The van der Waals surface area contributed by atoms with E-state index < -0.39 is 0 Å². The molecule has 5 aromatic rings. The van der Waals surface area contributed by atoms with Gasteiger partial charge in [-0.2, -0.15) is 0 Å². The molecule has 6 heteroatoms. The number of nitrogens with zero attached hydrogens (tertiary/aromatic N) is 5. The first-order chi connectivity index (χ1) is 16.3. The molecule has 0 radical (unpaired) electrons. The summed E-state index contributed by atoms with van der Waals surface area (Å²) in [5, 5.41) is 2.19. The molecule has 0 N–H and O–H groups in total. The lowest BCUT2D eigenvalue weighted by atomic mass is 9.93. The molecule has 0 amide bonds. The number of hydrogen-bond donors (Lipinski definition) is 0. The number of aryl methyl sites for hydroxylation is 3. The highest BCUT2D eigenvalue weighted by atomic mass is 16.3. The van der Waals surface area contributed by atoms with Crippen LogP contribution in [0.1, 0.15) is 58.8 Å². The highest BCUT2D eigenvalue weighted by Gasteiger charge is 2.26. The van der Waals surface area contributed by atoms with Gasteiger partial charge in [0.05, 0.1) is 14.1 Å². The molecule has 0 aliphatic heterocycles. The van der Waals surface area contributed by atoms with E-state index in [0.717, 1.165) is 50.5 Å². The van der Waals surface area contributed by atoms with Crippen molar-refractivity contribution in [2.45, 2.75) is 59.3 Å². The van der Waals surface area contributed by atoms with Crippen molar-refractivity contribution in [2.24, 2.45) is 14.1 Å². The number of imidazole rings is 1.